The van der Waals surface area contributed by atoms with Crippen molar-refractivity contribution in [1.82, 2.24) is 0 Å². The Balaban J connectivity index is 0.00000176. The van der Waals surface area contributed by atoms with E-state index in [2.05, 4.69) is 0 Å². The third-order valence-electron chi connectivity index (χ3n) is 5.34. The zero-order valence-corrected chi connectivity index (χ0v) is 13.0. The van der Waals surface area contributed by atoms with E-state index in [0.717, 1.165) is 0 Å². The molecule has 2 aliphatic carbocycles. The van der Waals surface area contributed by atoms with Gasteiger partial charge < -0.3 is 4.57 Å². The monoisotopic (exact) mass is 344 g/mol. The molecule has 2 saturated carbocycles. The molecule has 112 valence electrons. The summed E-state index contributed by atoms with van der Waals surface area (Å²) >= 11 is 0. The molecule has 0 aromatic heterocycles. The molecule has 0 saturated heterocycles. The van der Waals surface area contributed by atoms with E-state index in [1.165, 1.54) is 0 Å². The number of benzene rings is 1. The second-order valence-corrected chi connectivity index (χ2v) is 8.13. The summed E-state index contributed by atoms with van der Waals surface area (Å²) in [6.07, 6.45) is 0.880. The average molecular weight is 344 g/mol. The van der Waals surface area contributed by atoms with Crippen molar-refractivity contribution in [2.75, 3.05) is 0 Å². The molecule has 2 fully saturated rings. The van der Waals surface area contributed by atoms with Crippen molar-refractivity contribution >= 4 is 81.6 Å². The molecule has 0 spiro atoms. The van der Waals surface area contributed by atoms with Crippen LogP contribution in [-0.4, -0.2) is 68.5 Å². The summed E-state index contributed by atoms with van der Waals surface area (Å²) in [6, 6.07) is 8.48. The van der Waals surface area contributed by atoms with Crippen molar-refractivity contribution in [3.05, 3.63) is 30.3 Å². The quantitative estimate of drug-likeness (QED) is 0.359. The molecule has 0 radical (unpaired) electrons. The van der Waals surface area contributed by atoms with Crippen LogP contribution < -0.4 is 5.30 Å². The normalized spacial score (nSPS) is 30.0. The summed E-state index contributed by atoms with van der Waals surface area (Å²) in [7, 11) is -2.76. The fraction of sp³-hybridized carbons (Fsp3) is 0.438. The minimum absolute atomic E-state index is 0. The van der Waals surface area contributed by atoms with Crippen LogP contribution >= 0.6 is 7.80 Å². The van der Waals surface area contributed by atoms with E-state index in [0.29, 0.717) is 18.1 Å². The summed E-state index contributed by atoms with van der Waals surface area (Å²) in [4.78, 5) is 37.3. The first-order chi connectivity index (χ1) is 9.84. The summed E-state index contributed by atoms with van der Waals surface area (Å²) in [5, 5.41) is 0.452. The number of carbonyl (C=O) groups is 3. The predicted octanol–water partition coefficient (Wildman–Crippen LogP) is 1.32. The van der Waals surface area contributed by atoms with Crippen LogP contribution in [0.1, 0.15) is 26.7 Å². The van der Waals surface area contributed by atoms with Gasteiger partial charge in [-0.15, -0.1) is 0 Å². The fourth-order valence-corrected chi connectivity index (χ4v) is 5.70. The molecule has 3 atom stereocenters. The van der Waals surface area contributed by atoms with Gasteiger partial charge in [-0.25, -0.2) is 0 Å². The molecule has 0 aliphatic heterocycles. The third kappa shape index (κ3) is 2.25. The Kier molecular flexibility index (Phi) is 5.19. The van der Waals surface area contributed by atoms with Gasteiger partial charge in [-0.05, 0) is 18.3 Å². The van der Waals surface area contributed by atoms with Crippen LogP contribution in [-0.2, 0) is 18.9 Å². The number of carbonyl (C=O) groups excluding carboxylic acids is 3. The Hall–Kier alpha value is 0.0964. The topological polar surface area (TPSA) is 68.3 Å². The van der Waals surface area contributed by atoms with E-state index >= 15 is 0 Å². The van der Waals surface area contributed by atoms with Crippen molar-refractivity contribution in [3.63, 3.8) is 0 Å². The van der Waals surface area contributed by atoms with Gasteiger partial charge in [-0.3, -0.25) is 14.4 Å². The van der Waals surface area contributed by atoms with E-state index in [4.69, 9.17) is 0 Å². The average Bonchev–Trinajstić information content (AvgIpc) is 2.83. The summed E-state index contributed by atoms with van der Waals surface area (Å²) < 4.78 is 12.6. The van der Waals surface area contributed by atoms with Crippen LogP contribution in [0.5, 0.6) is 0 Å². The first-order valence-electron chi connectivity index (χ1n) is 7.07. The summed E-state index contributed by atoms with van der Waals surface area (Å²) in [5.41, 5.74) is -2.64. The second kappa shape index (κ2) is 6.19. The first kappa shape index (κ1) is 18.4. The van der Waals surface area contributed by atoms with Crippen LogP contribution in [0, 0.1) is 16.7 Å². The number of ketones is 2. The van der Waals surface area contributed by atoms with Gasteiger partial charge >= 0.3 is 51.4 Å². The first-order valence-corrected chi connectivity index (χ1v) is 8.47. The molecule has 6 heteroatoms. The molecular weight excluding hydrogens is 326 g/mol. The molecule has 22 heavy (non-hydrogen) atoms. The third-order valence-corrected chi connectivity index (χ3v) is 7.03. The number of fused-ring (bicyclic) bond motifs is 2. The van der Waals surface area contributed by atoms with Crippen molar-refractivity contribution < 1.29 is 18.9 Å². The molecular formula is C16H18KO4P. The molecule has 0 amide bonds. The van der Waals surface area contributed by atoms with Gasteiger partial charge in [0, 0.05) is 11.2 Å². The zero-order valence-electron chi connectivity index (χ0n) is 12.0. The van der Waals surface area contributed by atoms with Gasteiger partial charge in [0.1, 0.15) is 5.41 Å². The molecule has 2 bridgehead atoms. The Morgan fingerprint density at radius 1 is 1.18 bits per heavy atom. The summed E-state index contributed by atoms with van der Waals surface area (Å²) in [5.74, 6) is -1.48. The van der Waals surface area contributed by atoms with Crippen molar-refractivity contribution in [2.45, 2.75) is 26.7 Å². The Morgan fingerprint density at radius 3 is 2.27 bits per heavy atom. The standard InChI is InChI=1S/C16H17O4P.K.H/c1-15(2)11-8-9-16(15,13(18)12(11)17)14(19)21(20)10-6-4-3-5-7-10;;/h3-7,11,21H,8-9H2,1-2H3;;. The van der Waals surface area contributed by atoms with E-state index in [-0.39, 0.29) is 51.4 Å². The SMILES string of the molecule is CC1(C)C2CCC1(C(=O)[PH](=O)c1ccccc1)C(=O)C2=O.[KH]. The molecule has 3 rings (SSSR count). The number of hydrogen-bond acceptors (Lipinski definition) is 4. The van der Waals surface area contributed by atoms with Gasteiger partial charge in [0.25, 0.3) is 0 Å². The Morgan fingerprint density at radius 2 is 1.77 bits per heavy atom. The Bertz CT molecular complexity index is 683. The van der Waals surface area contributed by atoms with Crippen LogP contribution in [0.15, 0.2) is 30.3 Å². The van der Waals surface area contributed by atoms with Gasteiger partial charge in [0.2, 0.25) is 17.1 Å². The van der Waals surface area contributed by atoms with Gasteiger partial charge in [0.15, 0.2) is 7.80 Å². The van der Waals surface area contributed by atoms with E-state index < -0.39 is 41.6 Å². The molecule has 1 aromatic carbocycles. The zero-order chi connectivity index (χ0) is 15.4. The van der Waals surface area contributed by atoms with Crippen molar-refractivity contribution in [3.8, 4) is 0 Å². The maximum absolute atomic E-state index is 12.9. The van der Waals surface area contributed by atoms with Crippen molar-refractivity contribution in [2.24, 2.45) is 16.7 Å². The van der Waals surface area contributed by atoms with Gasteiger partial charge in [0.05, 0.1) is 0 Å². The van der Waals surface area contributed by atoms with E-state index in [9.17, 15) is 18.9 Å². The predicted molar refractivity (Wildman–Crippen MR) is 86.2 cm³/mol. The number of hydrogen-bond donors (Lipinski definition) is 0. The summed E-state index contributed by atoms with van der Waals surface area (Å²) in [6.45, 7) is 3.57. The van der Waals surface area contributed by atoms with Gasteiger partial charge in [-0.1, -0.05) is 44.2 Å². The van der Waals surface area contributed by atoms with Gasteiger partial charge in [-0.2, -0.15) is 0 Å². The molecule has 0 heterocycles. The van der Waals surface area contributed by atoms with E-state index in [1.54, 1.807) is 44.2 Å². The van der Waals surface area contributed by atoms with E-state index in [1.807, 2.05) is 0 Å². The Labute approximate surface area is 172 Å². The molecule has 2 aliphatic rings. The van der Waals surface area contributed by atoms with Crippen LogP contribution in [0.3, 0.4) is 0 Å². The number of rotatable bonds is 3. The molecule has 0 N–H and O–H groups in total. The molecule has 4 nitrogen and oxygen atoms in total. The molecule has 1 aromatic rings. The number of Topliss-reactive ketones (excluding diaryl/α,β-unsaturated/α-hetero) is 2. The van der Waals surface area contributed by atoms with Crippen LogP contribution in [0.25, 0.3) is 0 Å². The van der Waals surface area contributed by atoms with Crippen molar-refractivity contribution in [1.29, 1.82) is 0 Å². The maximum atomic E-state index is 12.9. The van der Waals surface area contributed by atoms with Crippen LogP contribution in [0.4, 0.5) is 0 Å². The fourth-order valence-electron chi connectivity index (χ4n) is 4.00. The van der Waals surface area contributed by atoms with Crippen LogP contribution in [0.2, 0.25) is 0 Å². The molecule has 3 unspecified atom stereocenters. The minimum atomic E-state index is -2.76. The second-order valence-electron chi connectivity index (χ2n) is 6.44.